The van der Waals surface area contributed by atoms with Gasteiger partial charge in [0.1, 0.15) is 11.9 Å². The second-order valence-electron chi connectivity index (χ2n) is 3.67. The molecule has 0 saturated heterocycles. The number of rotatable bonds is 3. The van der Waals surface area contributed by atoms with E-state index in [9.17, 15) is 9.50 Å². The molecule has 2 atom stereocenters. The first kappa shape index (κ1) is 11.1. The summed E-state index contributed by atoms with van der Waals surface area (Å²) in [5, 5.41) is 9.74. The first-order chi connectivity index (χ1) is 6.52. The van der Waals surface area contributed by atoms with E-state index in [0.29, 0.717) is 5.69 Å². The van der Waals surface area contributed by atoms with Gasteiger partial charge in [-0.1, -0.05) is 13.8 Å². The van der Waals surface area contributed by atoms with Gasteiger partial charge in [0.15, 0.2) is 0 Å². The van der Waals surface area contributed by atoms with E-state index < -0.39 is 11.9 Å². The average molecular weight is 198 g/mol. The maximum absolute atomic E-state index is 12.5. The number of aliphatic hydroxyl groups excluding tert-OH is 1. The summed E-state index contributed by atoms with van der Waals surface area (Å²) in [5.74, 6) is -0.268. The third-order valence-electron chi connectivity index (χ3n) is 2.19. The summed E-state index contributed by atoms with van der Waals surface area (Å²) in [7, 11) is 0. The van der Waals surface area contributed by atoms with E-state index in [1.807, 2.05) is 13.8 Å². The van der Waals surface area contributed by atoms with Gasteiger partial charge in [0, 0.05) is 6.04 Å². The van der Waals surface area contributed by atoms with Crippen molar-refractivity contribution in [1.29, 1.82) is 0 Å². The van der Waals surface area contributed by atoms with E-state index in [1.54, 1.807) is 0 Å². The zero-order valence-electron chi connectivity index (χ0n) is 8.31. The van der Waals surface area contributed by atoms with Crippen molar-refractivity contribution in [2.24, 2.45) is 11.7 Å². The van der Waals surface area contributed by atoms with Crippen LogP contribution in [0.4, 0.5) is 4.39 Å². The summed E-state index contributed by atoms with van der Waals surface area (Å²) >= 11 is 0. The third kappa shape index (κ3) is 2.49. The fourth-order valence-corrected chi connectivity index (χ4v) is 1.12. The highest BCUT2D eigenvalue weighted by molar-refractivity contribution is 5.10. The highest BCUT2D eigenvalue weighted by atomic mass is 19.1. The molecule has 3 nitrogen and oxygen atoms in total. The van der Waals surface area contributed by atoms with Crippen molar-refractivity contribution in [3.8, 4) is 0 Å². The molecule has 0 amide bonds. The third-order valence-corrected chi connectivity index (χ3v) is 2.19. The highest BCUT2D eigenvalue weighted by Gasteiger charge is 2.20. The van der Waals surface area contributed by atoms with Crippen LogP contribution >= 0.6 is 0 Å². The lowest BCUT2D eigenvalue weighted by Crippen LogP contribution is -2.33. The Balaban J connectivity index is 2.78. The minimum atomic E-state index is -0.837. The van der Waals surface area contributed by atoms with Gasteiger partial charge in [-0.2, -0.15) is 0 Å². The van der Waals surface area contributed by atoms with Crippen LogP contribution in [0.2, 0.25) is 0 Å². The van der Waals surface area contributed by atoms with Crippen LogP contribution in [0.1, 0.15) is 25.6 Å². The maximum atomic E-state index is 12.5. The summed E-state index contributed by atoms with van der Waals surface area (Å²) in [6, 6.07) is 2.33. The molecule has 78 valence electrons. The standard InChI is InChI=1S/C10H15FN2O/c1-6(2)9(12)10(14)8-4-3-7(11)5-13-8/h3-6,9-10,14H,12H2,1-2H3. The molecule has 0 saturated carbocycles. The van der Waals surface area contributed by atoms with Gasteiger partial charge in [0.2, 0.25) is 0 Å². The first-order valence-corrected chi connectivity index (χ1v) is 4.57. The molecule has 0 bridgehead atoms. The van der Waals surface area contributed by atoms with Crippen molar-refractivity contribution in [3.05, 3.63) is 29.8 Å². The van der Waals surface area contributed by atoms with E-state index in [0.717, 1.165) is 6.20 Å². The molecule has 14 heavy (non-hydrogen) atoms. The van der Waals surface area contributed by atoms with Gasteiger partial charge in [-0.3, -0.25) is 4.98 Å². The summed E-state index contributed by atoms with van der Waals surface area (Å²) in [5.41, 5.74) is 6.16. The van der Waals surface area contributed by atoms with Crippen LogP contribution in [0, 0.1) is 11.7 Å². The van der Waals surface area contributed by atoms with Crippen LogP contribution in [0.15, 0.2) is 18.3 Å². The summed E-state index contributed by atoms with van der Waals surface area (Å²) in [4.78, 5) is 3.78. The van der Waals surface area contributed by atoms with Crippen LogP contribution in [0.25, 0.3) is 0 Å². The van der Waals surface area contributed by atoms with Gasteiger partial charge in [-0.15, -0.1) is 0 Å². The van der Waals surface area contributed by atoms with Crippen molar-refractivity contribution in [2.45, 2.75) is 26.0 Å². The molecule has 0 spiro atoms. The lowest BCUT2D eigenvalue weighted by atomic mass is 9.97. The molecular weight excluding hydrogens is 183 g/mol. The van der Waals surface area contributed by atoms with E-state index in [-0.39, 0.29) is 12.0 Å². The number of nitrogens with two attached hydrogens (primary N) is 1. The Hall–Kier alpha value is -1.00. The largest absolute Gasteiger partial charge is 0.385 e. The van der Waals surface area contributed by atoms with Gasteiger partial charge in [0.05, 0.1) is 11.9 Å². The predicted molar refractivity (Wildman–Crippen MR) is 52.0 cm³/mol. The first-order valence-electron chi connectivity index (χ1n) is 4.57. The Kier molecular flexibility index (Phi) is 3.55. The predicted octanol–water partition coefficient (Wildman–Crippen LogP) is 1.24. The number of aliphatic hydroxyl groups is 1. The second-order valence-corrected chi connectivity index (χ2v) is 3.67. The summed E-state index contributed by atoms with van der Waals surface area (Å²) in [6.07, 6.45) is 0.238. The maximum Gasteiger partial charge on any atom is 0.141 e. The van der Waals surface area contributed by atoms with E-state index >= 15 is 0 Å². The van der Waals surface area contributed by atoms with E-state index in [2.05, 4.69) is 4.98 Å². The molecule has 0 radical (unpaired) electrons. The average Bonchev–Trinajstić information content (AvgIpc) is 2.16. The molecule has 0 aliphatic heterocycles. The molecule has 1 aromatic heterocycles. The molecule has 2 unspecified atom stereocenters. The monoisotopic (exact) mass is 198 g/mol. The molecule has 0 aromatic carbocycles. The normalized spacial score (nSPS) is 15.6. The lowest BCUT2D eigenvalue weighted by Gasteiger charge is -2.21. The number of hydrogen-bond donors (Lipinski definition) is 2. The molecule has 0 fully saturated rings. The van der Waals surface area contributed by atoms with Gasteiger partial charge in [-0.25, -0.2) is 4.39 Å². The van der Waals surface area contributed by atoms with Crippen molar-refractivity contribution >= 4 is 0 Å². The van der Waals surface area contributed by atoms with Crippen molar-refractivity contribution in [1.82, 2.24) is 4.98 Å². The highest BCUT2D eigenvalue weighted by Crippen LogP contribution is 2.18. The number of halogens is 1. The Bertz CT molecular complexity index is 287. The fraction of sp³-hybridized carbons (Fsp3) is 0.500. The SMILES string of the molecule is CC(C)C(N)C(O)c1ccc(F)cn1. The second kappa shape index (κ2) is 4.48. The Morgan fingerprint density at radius 2 is 2.07 bits per heavy atom. The Labute approximate surface area is 82.8 Å². The summed E-state index contributed by atoms with van der Waals surface area (Å²) in [6.45, 7) is 3.83. The number of pyridine rings is 1. The lowest BCUT2D eigenvalue weighted by molar-refractivity contribution is 0.121. The minimum absolute atomic E-state index is 0.150. The van der Waals surface area contributed by atoms with Crippen LogP contribution in [0.3, 0.4) is 0 Å². The van der Waals surface area contributed by atoms with Gasteiger partial charge < -0.3 is 10.8 Å². The molecule has 0 aliphatic rings. The topological polar surface area (TPSA) is 59.1 Å². The van der Waals surface area contributed by atoms with Crippen LogP contribution in [0.5, 0.6) is 0 Å². The zero-order chi connectivity index (χ0) is 10.7. The zero-order valence-corrected chi connectivity index (χ0v) is 8.31. The summed E-state index contributed by atoms with van der Waals surface area (Å²) < 4.78 is 12.5. The van der Waals surface area contributed by atoms with Gasteiger partial charge in [0.25, 0.3) is 0 Å². The van der Waals surface area contributed by atoms with Crippen molar-refractivity contribution in [3.63, 3.8) is 0 Å². The quantitative estimate of drug-likeness (QED) is 0.768. The van der Waals surface area contributed by atoms with Gasteiger partial charge >= 0.3 is 0 Å². The van der Waals surface area contributed by atoms with Crippen LogP contribution in [-0.4, -0.2) is 16.1 Å². The van der Waals surface area contributed by atoms with Crippen LogP contribution < -0.4 is 5.73 Å². The molecular formula is C10H15FN2O. The van der Waals surface area contributed by atoms with Crippen molar-refractivity contribution < 1.29 is 9.50 Å². The Morgan fingerprint density at radius 3 is 2.50 bits per heavy atom. The fourth-order valence-electron chi connectivity index (χ4n) is 1.12. The molecule has 1 rings (SSSR count). The van der Waals surface area contributed by atoms with E-state index in [4.69, 9.17) is 5.73 Å². The van der Waals surface area contributed by atoms with Gasteiger partial charge in [-0.05, 0) is 18.1 Å². The molecule has 1 aromatic rings. The smallest absolute Gasteiger partial charge is 0.141 e. The molecule has 3 N–H and O–H groups in total. The molecule has 4 heteroatoms. The number of nitrogens with zero attached hydrogens (tertiary/aromatic N) is 1. The molecule has 0 aliphatic carbocycles. The number of hydrogen-bond acceptors (Lipinski definition) is 3. The molecule has 1 heterocycles. The Morgan fingerprint density at radius 1 is 1.43 bits per heavy atom. The van der Waals surface area contributed by atoms with E-state index in [1.165, 1.54) is 12.1 Å². The number of aromatic nitrogens is 1. The minimum Gasteiger partial charge on any atom is -0.385 e. The van der Waals surface area contributed by atoms with Crippen molar-refractivity contribution in [2.75, 3.05) is 0 Å². The van der Waals surface area contributed by atoms with Crippen LogP contribution in [-0.2, 0) is 0 Å².